The van der Waals surface area contributed by atoms with Crippen LogP contribution in [0.2, 0.25) is 0 Å². The first-order chi connectivity index (χ1) is 14.5. The van der Waals surface area contributed by atoms with E-state index in [1.165, 1.54) is 12.1 Å². The van der Waals surface area contributed by atoms with Crippen LogP contribution in [0.1, 0.15) is 35.8 Å². The van der Waals surface area contributed by atoms with Gasteiger partial charge in [0, 0.05) is 49.8 Å². The van der Waals surface area contributed by atoms with E-state index >= 15 is 0 Å². The van der Waals surface area contributed by atoms with E-state index in [1.807, 2.05) is 24.0 Å². The minimum absolute atomic E-state index is 0.00312. The predicted octanol–water partition coefficient (Wildman–Crippen LogP) is 3.10. The smallest absolute Gasteiger partial charge is 0.249 e. The molecule has 158 valence electrons. The molecule has 6 nitrogen and oxygen atoms in total. The molecule has 2 saturated heterocycles. The van der Waals surface area contributed by atoms with Crippen LogP contribution in [0, 0.1) is 17.7 Å². The third-order valence-electron chi connectivity index (χ3n) is 6.08. The van der Waals surface area contributed by atoms with E-state index in [2.05, 4.69) is 9.88 Å². The van der Waals surface area contributed by atoms with Gasteiger partial charge in [0.15, 0.2) is 5.78 Å². The Balaban J connectivity index is 1.61. The minimum atomic E-state index is -0.307. The van der Waals surface area contributed by atoms with Crippen molar-refractivity contribution < 1.29 is 18.7 Å². The van der Waals surface area contributed by atoms with E-state index in [9.17, 15) is 14.0 Å². The average Bonchev–Trinajstić information content (AvgIpc) is 3.30. The van der Waals surface area contributed by atoms with Gasteiger partial charge in [0.25, 0.3) is 0 Å². The maximum Gasteiger partial charge on any atom is 0.249 e. The summed E-state index contributed by atoms with van der Waals surface area (Å²) in [5, 5.41) is 0. The molecule has 30 heavy (non-hydrogen) atoms. The summed E-state index contributed by atoms with van der Waals surface area (Å²) in [5.74, 6) is 0.792. The van der Waals surface area contributed by atoms with Crippen molar-refractivity contribution in [3.8, 4) is 0 Å². The Bertz CT molecular complexity index is 951. The number of ketones is 1. The van der Waals surface area contributed by atoms with E-state index in [0.717, 1.165) is 17.9 Å². The Morgan fingerprint density at radius 3 is 2.77 bits per heavy atom. The van der Waals surface area contributed by atoms with Crippen LogP contribution in [-0.2, 0) is 9.53 Å². The van der Waals surface area contributed by atoms with E-state index in [-0.39, 0.29) is 42.0 Å². The lowest BCUT2D eigenvalue weighted by Crippen LogP contribution is -2.38. The van der Waals surface area contributed by atoms with Crippen molar-refractivity contribution in [1.29, 1.82) is 0 Å². The number of halogens is 1. The number of carbonyl (C=O) groups excluding carboxylic acids is 2. The lowest BCUT2D eigenvalue weighted by Gasteiger charge is -2.30. The number of benzene rings is 1. The van der Waals surface area contributed by atoms with Gasteiger partial charge >= 0.3 is 0 Å². The number of hydrogen-bond acceptors (Lipinski definition) is 5. The fraction of sp³-hybridized carbons (Fsp3) is 0.435. The van der Waals surface area contributed by atoms with Crippen molar-refractivity contribution in [2.45, 2.75) is 19.9 Å². The van der Waals surface area contributed by atoms with Crippen molar-refractivity contribution in [2.24, 2.45) is 11.8 Å². The minimum Gasteiger partial charge on any atom is -0.372 e. The molecule has 0 spiro atoms. The SMILES string of the molecule is CCOCC(=O)N1C[C@@H]2CN(c3cc(C(C)=O)ccn3)C[C@@H]2[C@H]1c1cccc(F)c1. The van der Waals surface area contributed by atoms with E-state index in [1.54, 1.807) is 25.3 Å². The van der Waals surface area contributed by atoms with E-state index in [0.29, 0.717) is 25.3 Å². The molecule has 0 unspecified atom stereocenters. The Morgan fingerprint density at radius 1 is 1.20 bits per heavy atom. The second-order valence-corrected chi connectivity index (χ2v) is 7.97. The van der Waals surface area contributed by atoms with Gasteiger partial charge in [0.05, 0.1) is 6.04 Å². The molecule has 4 rings (SSSR count). The van der Waals surface area contributed by atoms with Crippen molar-refractivity contribution in [3.05, 3.63) is 59.5 Å². The predicted molar refractivity (Wildman–Crippen MR) is 111 cm³/mol. The standard InChI is InChI=1S/C23H26FN3O3/c1-3-30-14-22(29)27-12-18-11-26(21-10-16(15(2)28)7-8-25-21)13-20(18)23(27)17-5-4-6-19(24)9-17/h4-10,18,20,23H,3,11-14H2,1-2H3/t18-,20-,23+/m0/s1. The molecular weight excluding hydrogens is 385 g/mol. The van der Waals surface area contributed by atoms with Crippen molar-refractivity contribution in [2.75, 3.05) is 37.7 Å². The molecule has 0 N–H and O–H groups in total. The summed E-state index contributed by atoms with van der Waals surface area (Å²) in [5.41, 5.74) is 1.44. The van der Waals surface area contributed by atoms with Gasteiger partial charge in [-0.05, 0) is 43.7 Å². The second kappa shape index (κ2) is 8.52. The highest BCUT2D eigenvalue weighted by atomic mass is 19.1. The lowest BCUT2D eigenvalue weighted by atomic mass is 9.89. The van der Waals surface area contributed by atoms with Crippen LogP contribution in [0.5, 0.6) is 0 Å². The zero-order chi connectivity index (χ0) is 21.3. The summed E-state index contributed by atoms with van der Waals surface area (Å²) in [6.07, 6.45) is 1.65. The number of carbonyl (C=O) groups is 2. The fourth-order valence-electron chi connectivity index (χ4n) is 4.69. The van der Waals surface area contributed by atoms with Gasteiger partial charge in [0.1, 0.15) is 18.2 Å². The first-order valence-corrected chi connectivity index (χ1v) is 10.3. The summed E-state index contributed by atoms with van der Waals surface area (Å²) in [6, 6.07) is 9.83. The van der Waals surface area contributed by atoms with E-state index in [4.69, 9.17) is 4.74 Å². The summed E-state index contributed by atoms with van der Waals surface area (Å²) in [4.78, 5) is 33.0. The van der Waals surface area contributed by atoms with Gasteiger partial charge in [0.2, 0.25) is 5.91 Å². The van der Waals surface area contributed by atoms with Gasteiger partial charge in [-0.3, -0.25) is 9.59 Å². The third kappa shape index (κ3) is 3.94. The number of rotatable bonds is 6. The maximum atomic E-state index is 14.0. The van der Waals surface area contributed by atoms with Crippen LogP contribution in [0.3, 0.4) is 0 Å². The number of aromatic nitrogens is 1. The molecule has 0 radical (unpaired) electrons. The van der Waals surface area contributed by atoms with Gasteiger partial charge in [-0.15, -0.1) is 0 Å². The molecule has 2 aromatic rings. The van der Waals surface area contributed by atoms with Crippen LogP contribution in [0.15, 0.2) is 42.6 Å². The third-order valence-corrected chi connectivity index (χ3v) is 6.08. The number of amides is 1. The molecule has 1 aromatic carbocycles. The highest BCUT2D eigenvalue weighted by molar-refractivity contribution is 5.94. The highest BCUT2D eigenvalue weighted by Gasteiger charge is 2.49. The van der Waals surface area contributed by atoms with Crippen LogP contribution >= 0.6 is 0 Å². The Labute approximate surface area is 175 Å². The number of ether oxygens (including phenoxy) is 1. The first-order valence-electron chi connectivity index (χ1n) is 10.3. The van der Waals surface area contributed by atoms with Gasteiger partial charge in [-0.2, -0.15) is 0 Å². The highest BCUT2D eigenvalue weighted by Crippen LogP contribution is 2.45. The molecule has 7 heteroatoms. The zero-order valence-corrected chi connectivity index (χ0v) is 17.3. The molecule has 3 heterocycles. The maximum absolute atomic E-state index is 14.0. The van der Waals surface area contributed by atoms with Crippen LogP contribution < -0.4 is 4.90 Å². The number of likely N-dealkylation sites (tertiary alicyclic amines) is 1. The molecule has 2 fully saturated rings. The molecule has 1 amide bonds. The largest absolute Gasteiger partial charge is 0.372 e. The van der Waals surface area contributed by atoms with Gasteiger partial charge in [-0.25, -0.2) is 9.37 Å². The van der Waals surface area contributed by atoms with Crippen molar-refractivity contribution in [1.82, 2.24) is 9.88 Å². The normalized spacial score (nSPS) is 23.0. The Kier molecular flexibility index (Phi) is 5.81. The molecule has 2 aliphatic rings. The quantitative estimate of drug-likeness (QED) is 0.684. The van der Waals surface area contributed by atoms with Crippen molar-refractivity contribution in [3.63, 3.8) is 0 Å². The number of fused-ring (bicyclic) bond motifs is 1. The lowest BCUT2D eigenvalue weighted by molar-refractivity contribution is -0.137. The molecule has 0 saturated carbocycles. The Morgan fingerprint density at radius 2 is 2.03 bits per heavy atom. The molecule has 0 aliphatic carbocycles. The Hall–Kier alpha value is -2.80. The fourth-order valence-corrected chi connectivity index (χ4v) is 4.69. The van der Waals surface area contributed by atoms with Gasteiger partial charge in [-0.1, -0.05) is 12.1 Å². The molecule has 1 aromatic heterocycles. The topological polar surface area (TPSA) is 62.7 Å². The number of hydrogen-bond donors (Lipinski definition) is 0. The van der Waals surface area contributed by atoms with Crippen LogP contribution in [0.4, 0.5) is 10.2 Å². The number of Topliss-reactive ketones (excluding diaryl/α,β-unsaturated/α-hetero) is 1. The molecule has 3 atom stereocenters. The summed E-state index contributed by atoms with van der Waals surface area (Å²) >= 11 is 0. The summed E-state index contributed by atoms with van der Waals surface area (Å²) < 4.78 is 19.3. The van der Waals surface area contributed by atoms with E-state index < -0.39 is 0 Å². The van der Waals surface area contributed by atoms with Gasteiger partial charge < -0.3 is 14.5 Å². The first kappa shape index (κ1) is 20.5. The molecule has 0 bridgehead atoms. The van der Waals surface area contributed by atoms with Crippen molar-refractivity contribution >= 4 is 17.5 Å². The number of anilines is 1. The zero-order valence-electron chi connectivity index (χ0n) is 17.3. The molecular formula is C23H26FN3O3. The second-order valence-electron chi connectivity index (χ2n) is 7.97. The monoisotopic (exact) mass is 411 g/mol. The summed E-state index contributed by atoms with van der Waals surface area (Å²) in [6.45, 7) is 5.94. The average molecular weight is 411 g/mol. The summed E-state index contributed by atoms with van der Waals surface area (Å²) in [7, 11) is 0. The number of pyridine rings is 1. The number of nitrogens with zero attached hydrogens (tertiary/aromatic N) is 3. The molecule has 2 aliphatic heterocycles. The van der Waals surface area contributed by atoms with Crippen LogP contribution in [-0.4, -0.2) is 54.4 Å². The van der Waals surface area contributed by atoms with Crippen LogP contribution in [0.25, 0.3) is 0 Å².